The first kappa shape index (κ1) is 11.7. The van der Waals surface area contributed by atoms with Crippen molar-refractivity contribution >= 4 is 23.5 Å². The predicted octanol–water partition coefficient (Wildman–Crippen LogP) is -0.103. The minimum absolute atomic E-state index is 0.268. The van der Waals surface area contributed by atoms with Crippen molar-refractivity contribution in [3.63, 3.8) is 0 Å². The molecule has 0 aromatic heterocycles. The Bertz CT molecular complexity index is 442. The Kier molecular flexibility index (Phi) is 3.60. The maximum Gasteiger partial charge on any atom is 0.337 e. The zero-order valence-corrected chi connectivity index (χ0v) is 8.52. The smallest absolute Gasteiger partial charge is 0.337 e. The van der Waals surface area contributed by atoms with Crippen molar-refractivity contribution < 1.29 is 19.1 Å². The van der Waals surface area contributed by atoms with E-state index in [0.717, 1.165) is 0 Å². The lowest BCUT2D eigenvalue weighted by Crippen LogP contribution is -2.29. The van der Waals surface area contributed by atoms with E-state index in [1.807, 2.05) is 0 Å². The molecule has 0 heterocycles. The third-order valence-corrected chi connectivity index (χ3v) is 1.77. The lowest BCUT2D eigenvalue weighted by atomic mass is 10.2. The van der Waals surface area contributed by atoms with Crippen LogP contribution in [-0.2, 0) is 14.3 Å². The molecule has 0 saturated carbocycles. The molecule has 1 aromatic rings. The quantitative estimate of drug-likeness (QED) is 0.539. The number of hydrogen-bond acceptors (Lipinski definition) is 4. The van der Waals surface area contributed by atoms with E-state index >= 15 is 0 Å². The van der Waals surface area contributed by atoms with Crippen molar-refractivity contribution in [2.45, 2.75) is 0 Å². The molecule has 0 aliphatic heterocycles. The average Bonchev–Trinajstić information content (AvgIpc) is 2.28. The summed E-state index contributed by atoms with van der Waals surface area (Å²) in [5.74, 6) is -2.57. The Morgan fingerprint density at radius 2 is 2.00 bits per heavy atom. The molecule has 0 bridgehead atoms. The maximum atomic E-state index is 11.2. The molecule has 84 valence electrons. The van der Waals surface area contributed by atoms with Gasteiger partial charge in [0.1, 0.15) is 0 Å². The van der Waals surface area contributed by atoms with Crippen molar-refractivity contribution in [3.8, 4) is 0 Å². The van der Waals surface area contributed by atoms with Crippen LogP contribution in [0, 0.1) is 0 Å². The summed E-state index contributed by atoms with van der Waals surface area (Å²) in [6.07, 6.45) is 0. The van der Waals surface area contributed by atoms with Crippen LogP contribution in [-0.4, -0.2) is 24.9 Å². The van der Waals surface area contributed by atoms with Gasteiger partial charge in [-0.05, 0) is 18.2 Å². The van der Waals surface area contributed by atoms with Gasteiger partial charge < -0.3 is 15.8 Å². The van der Waals surface area contributed by atoms with E-state index in [4.69, 9.17) is 5.73 Å². The molecule has 2 amide bonds. The third-order valence-electron chi connectivity index (χ3n) is 1.77. The number of esters is 1. The van der Waals surface area contributed by atoms with Crippen LogP contribution < -0.4 is 11.1 Å². The number of amides is 2. The maximum absolute atomic E-state index is 11.2. The lowest BCUT2D eigenvalue weighted by Gasteiger charge is -2.04. The summed E-state index contributed by atoms with van der Waals surface area (Å²) in [5.41, 5.74) is 5.33. The van der Waals surface area contributed by atoms with Crippen molar-refractivity contribution in [1.82, 2.24) is 0 Å². The Labute approximate surface area is 91.4 Å². The van der Waals surface area contributed by atoms with Crippen LogP contribution in [0.3, 0.4) is 0 Å². The molecule has 0 radical (unpaired) electrons. The van der Waals surface area contributed by atoms with Gasteiger partial charge >= 0.3 is 17.8 Å². The van der Waals surface area contributed by atoms with Gasteiger partial charge in [0, 0.05) is 5.69 Å². The van der Waals surface area contributed by atoms with Gasteiger partial charge in [0.05, 0.1) is 12.7 Å². The minimum atomic E-state index is -1.09. The molecular formula is C10H10N2O4. The van der Waals surface area contributed by atoms with E-state index in [9.17, 15) is 14.4 Å². The molecular weight excluding hydrogens is 212 g/mol. The number of benzene rings is 1. The fourth-order valence-corrected chi connectivity index (χ4v) is 1.03. The number of nitrogens with two attached hydrogens (primary N) is 1. The molecule has 0 saturated heterocycles. The summed E-state index contributed by atoms with van der Waals surface area (Å²) < 4.78 is 4.50. The minimum Gasteiger partial charge on any atom is -0.465 e. The number of anilines is 1. The molecule has 1 aromatic carbocycles. The van der Waals surface area contributed by atoms with E-state index in [1.165, 1.54) is 25.3 Å². The molecule has 0 fully saturated rings. The number of methoxy groups -OCH3 is 1. The zero-order valence-electron chi connectivity index (χ0n) is 8.52. The standard InChI is InChI=1S/C10H10N2O4/c1-16-10(15)6-3-2-4-7(5-6)12-9(14)8(11)13/h2-5H,1H3,(H2,11,13)(H,12,14). The second kappa shape index (κ2) is 4.92. The molecule has 1 rings (SSSR count). The van der Waals surface area contributed by atoms with Gasteiger partial charge in [-0.3, -0.25) is 9.59 Å². The molecule has 0 aliphatic rings. The fraction of sp³-hybridized carbons (Fsp3) is 0.100. The van der Waals surface area contributed by atoms with Crippen LogP contribution >= 0.6 is 0 Å². The summed E-state index contributed by atoms with van der Waals surface area (Å²) >= 11 is 0. The first-order chi connectivity index (χ1) is 7.54. The first-order valence-corrected chi connectivity index (χ1v) is 4.33. The summed E-state index contributed by atoms with van der Waals surface area (Å²) in [6.45, 7) is 0. The monoisotopic (exact) mass is 222 g/mol. The van der Waals surface area contributed by atoms with Crippen molar-refractivity contribution in [2.24, 2.45) is 5.73 Å². The molecule has 3 N–H and O–H groups in total. The SMILES string of the molecule is COC(=O)c1cccc(NC(=O)C(N)=O)c1. The number of carbonyl (C=O) groups is 3. The fourth-order valence-electron chi connectivity index (χ4n) is 1.03. The number of hydrogen-bond donors (Lipinski definition) is 2. The van der Waals surface area contributed by atoms with Crippen molar-refractivity contribution in [3.05, 3.63) is 29.8 Å². The largest absolute Gasteiger partial charge is 0.465 e. The average molecular weight is 222 g/mol. The van der Waals surface area contributed by atoms with Gasteiger partial charge in [0.25, 0.3) is 0 Å². The Balaban J connectivity index is 2.87. The molecule has 0 spiro atoms. The van der Waals surface area contributed by atoms with Gasteiger partial charge in [0.15, 0.2) is 0 Å². The van der Waals surface area contributed by atoms with Crippen LogP contribution in [0.5, 0.6) is 0 Å². The molecule has 0 unspecified atom stereocenters. The van der Waals surface area contributed by atoms with Crippen LogP contribution in [0.4, 0.5) is 5.69 Å². The summed E-state index contributed by atoms with van der Waals surface area (Å²) in [5, 5.41) is 2.24. The van der Waals surface area contributed by atoms with E-state index in [0.29, 0.717) is 5.69 Å². The van der Waals surface area contributed by atoms with E-state index < -0.39 is 17.8 Å². The number of rotatable bonds is 2. The normalized spacial score (nSPS) is 9.31. The van der Waals surface area contributed by atoms with Gasteiger partial charge in [-0.1, -0.05) is 6.07 Å². The summed E-state index contributed by atoms with van der Waals surface area (Å²) in [6, 6.07) is 5.97. The van der Waals surface area contributed by atoms with E-state index in [1.54, 1.807) is 6.07 Å². The second-order valence-electron chi connectivity index (χ2n) is 2.89. The number of carbonyl (C=O) groups excluding carboxylic acids is 3. The summed E-state index contributed by atoms with van der Waals surface area (Å²) in [7, 11) is 1.25. The second-order valence-corrected chi connectivity index (χ2v) is 2.89. The van der Waals surface area contributed by atoms with E-state index in [-0.39, 0.29) is 5.56 Å². The Morgan fingerprint density at radius 1 is 1.31 bits per heavy atom. The number of primary amides is 1. The van der Waals surface area contributed by atoms with Gasteiger partial charge in [0.2, 0.25) is 0 Å². The predicted molar refractivity (Wildman–Crippen MR) is 55.6 cm³/mol. The highest BCUT2D eigenvalue weighted by atomic mass is 16.5. The highest BCUT2D eigenvalue weighted by Gasteiger charge is 2.10. The molecule has 6 heteroatoms. The van der Waals surface area contributed by atoms with Crippen molar-refractivity contribution in [2.75, 3.05) is 12.4 Å². The number of nitrogens with one attached hydrogen (secondary N) is 1. The first-order valence-electron chi connectivity index (χ1n) is 4.33. The molecule has 0 atom stereocenters. The molecule has 0 aliphatic carbocycles. The zero-order chi connectivity index (χ0) is 12.1. The third kappa shape index (κ3) is 2.81. The molecule has 6 nitrogen and oxygen atoms in total. The Morgan fingerprint density at radius 3 is 2.56 bits per heavy atom. The van der Waals surface area contributed by atoms with Crippen LogP contribution in [0.25, 0.3) is 0 Å². The molecule has 16 heavy (non-hydrogen) atoms. The number of ether oxygens (including phenoxy) is 1. The van der Waals surface area contributed by atoms with Crippen LogP contribution in [0.1, 0.15) is 10.4 Å². The van der Waals surface area contributed by atoms with Crippen LogP contribution in [0.2, 0.25) is 0 Å². The summed E-state index contributed by atoms with van der Waals surface area (Å²) in [4.78, 5) is 32.6. The lowest BCUT2D eigenvalue weighted by molar-refractivity contribution is -0.134. The van der Waals surface area contributed by atoms with Crippen molar-refractivity contribution in [1.29, 1.82) is 0 Å². The van der Waals surface area contributed by atoms with Gasteiger partial charge in [-0.25, -0.2) is 4.79 Å². The van der Waals surface area contributed by atoms with Crippen LogP contribution in [0.15, 0.2) is 24.3 Å². The highest BCUT2D eigenvalue weighted by molar-refractivity contribution is 6.39. The van der Waals surface area contributed by atoms with E-state index in [2.05, 4.69) is 10.1 Å². The van der Waals surface area contributed by atoms with Gasteiger partial charge in [-0.15, -0.1) is 0 Å². The highest BCUT2D eigenvalue weighted by Crippen LogP contribution is 2.11. The Hall–Kier alpha value is -2.37. The van der Waals surface area contributed by atoms with Gasteiger partial charge in [-0.2, -0.15) is 0 Å². The topological polar surface area (TPSA) is 98.5 Å².